The zero-order valence-corrected chi connectivity index (χ0v) is 10.3. The van der Waals surface area contributed by atoms with Gasteiger partial charge in [0.15, 0.2) is 0 Å². The van der Waals surface area contributed by atoms with E-state index in [2.05, 4.69) is 10.2 Å². The molecule has 1 aliphatic rings. The normalized spacial score (nSPS) is 24.1. The SMILES string of the molecule is CC1N=NC(SCc2ccccc2)N(N)C1=O. The Morgan fingerprint density at radius 3 is 2.76 bits per heavy atom. The van der Waals surface area contributed by atoms with E-state index in [4.69, 9.17) is 5.84 Å². The van der Waals surface area contributed by atoms with Crippen molar-refractivity contribution in [2.24, 2.45) is 16.1 Å². The van der Waals surface area contributed by atoms with Gasteiger partial charge >= 0.3 is 0 Å². The zero-order valence-electron chi connectivity index (χ0n) is 9.48. The molecule has 90 valence electrons. The molecule has 1 aromatic carbocycles. The number of azo groups is 1. The lowest BCUT2D eigenvalue weighted by Crippen LogP contribution is -2.49. The van der Waals surface area contributed by atoms with Gasteiger partial charge in [-0.3, -0.25) is 4.79 Å². The van der Waals surface area contributed by atoms with Gasteiger partial charge in [0.05, 0.1) is 0 Å². The molecule has 0 fully saturated rings. The fourth-order valence-corrected chi connectivity index (χ4v) is 2.36. The Morgan fingerprint density at radius 1 is 1.35 bits per heavy atom. The molecular weight excluding hydrogens is 236 g/mol. The van der Waals surface area contributed by atoms with Crippen molar-refractivity contribution in [1.29, 1.82) is 0 Å². The highest BCUT2D eigenvalue weighted by Gasteiger charge is 2.29. The molecule has 1 aromatic rings. The molecule has 5 nitrogen and oxygen atoms in total. The lowest BCUT2D eigenvalue weighted by atomic mass is 10.2. The quantitative estimate of drug-likeness (QED) is 0.656. The molecule has 0 aromatic heterocycles. The molecule has 0 radical (unpaired) electrons. The van der Waals surface area contributed by atoms with E-state index in [9.17, 15) is 4.79 Å². The summed E-state index contributed by atoms with van der Waals surface area (Å²) >= 11 is 1.48. The van der Waals surface area contributed by atoms with E-state index in [0.29, 0.717) is 0 Å². The smallest absolute Gasteiger partial charge is 0.265 e. The number of nitrogens with two attached hydrogens (primary N) is 1. The number of amides is 1. The summed E-state index contributed by atoms with van der Waals surface area (Å²) in [7, 11) is 0. The highest BCUT2D eigenvalue weighted by Crippen LogP contribution is 2.24. The van der Waals surface area contributed by atoms with Crippen LogP contribution in [0.4, 0.5) is 0 Å². The van der Waals surface area contributed by atoms with Gasteiger partial charge < -0.3 is 0 Å². The first-order chi connectivity index (χ1) is 8.18. The second-order valence-corrected chi connectivity index (χ2v) is 4.82. The Morgan fingerprint density at radius 2 is 2.06 bits per heavy atom. The first-order valence-corrected chi connectivity index (χ1v) is 6.36. The number of hydrazine groups is 1. The Labute approximate surface area is 104 Å². The third-order valence-corrected chi connectivity index (χ3v) is 3.55. The van der Waals surface area contributed by atoms with Gasteiger partial charge in [-0.05, 0) is 12.5 Å². The first-order valence-electron chi connectivity index (χ1n) is 5.32. The van der Waals surface area contributed by atoms with Crippen LogP contribution in [-0.4, -0.2) is 22.5 Å². The molecule has 0 saturated heterocycles. The van der Waals surface area contributed by atoms with Crippen molar-refractivity contribution in [2.45, 2.75) is 24.2 Å². The molecule has 0 spiro atoms. The minimum Gasteiger partial charge on any atom is -0.271 e. The highest BCUT2D eigenvalue weighted by atomic mass is 32.2. The Bertz CT molecular complexity index is 423. The van der Waals surface area contributed by atoms with E-state index in [1.165, 1.54) is 17.3 Å². The molecular formula is C11H14N4OS. The number of carbonyl (C=O) groups excluding carboxylic acids is 1. The van der Waals surface area contributed by atoms with Gasteiger partial charge in [-0.2, -0.15) is 10.2 Å². The van der Waals surface area contributed by atoms with E-state index < -0.39 is 11.5 Å². The number of rotatable bonds is 3. The van der Waals surface area contributed by atoms with Gasteiger partial charge in [-0.15, -0.1) is 11.8 Å². The molecule has 2 rings (SSSR count). The molecule has 6 heteroatoms. The summed E-state index contributed by atoms with van der Waals surface area (Å²) in [6.07, 6.45) is 0. The Kier molecular flexibility index (Phi) is 3.75. The van der Waals surface area contributed by atoms with E-state index in [-0.39, 0.29) is 5.91 Å². The van der Waals surface area contributed by atoms with Crippen LogP contribution in [-0.2, 0) is 10.5 Å². The fourth-order valence-electron chi connectivity index (χ4n) is 1.45. The second kappa shape index (κ2) is 5.29. The molecule has 2 N–H and O–H groups in total. The van der Waals surface area contributed by atoms with Crippen molar-refractivity contribution in [2.75, 3.05) is 0 Å². The highest BCUT2D eigenvalue weighted by molar-refractivity contribution is 7.99. The van der Waals surface area contributed by atoms with Gasteiger partial charge in [0, 0.05) is 5.75 Å². The number of thioether (sulfide) groups is 1. The number of carbonyl (C=O) groups is 1. The van der Waals surface area contributed by atoms with Gasteiger partial charge in [-0.1, -0.05) is 30.3 Å². The number of nitrogens with zero attached hydrogens (tertiary/aromatic N) is 3. The van der Waals surface area contributed by atoms with E-state index in [1.54, 1.807) is 6.92 Å². The van der Waals surface area contributed by atoms with E-state index in [1.807, 2.05) is 30.3 Å². The van der Waals surface area contributed by atoms with Crippen molar-refractivity contribution in [3.8, 4) is 0 Å². The monoisotopic (exact) mass is 250 g/mol. The topological polar surface area (TPSA) is 71.1 Å². The number of hydrogen-bond donors (Lipinski definition) is 1. The molecule has 17 heavy (non-hydrogen) atoms. The molecule has 0 aliphatic carbocycles. The van der Waals surface area contributed by atoms with Crippen molar-refractivity contribution in [1.82, 2.24) is 5.01 Å². The maximum Gasteiger partial charge on any atom is 0.265 e. The zero-order chi connectivity index (χ0) is 12.3. The lowest BCUT2D eigenvalue weighted by molar-refractivity contribution is -0.134. The predicted molar refractivity (Wildman–Crippen MR) is 66.9 cm³/mol. The molecule has 2 atom stereocenters. The summed E-state index contributed by atoms with van der Waals surface area (Å²) in [5.41, 5.74) is 0.756. The van der Waals surface area contributed by atoms with Crippen molar-refractivity contribution in [3.63, 3.8) is 0 Å². The van der Waals surface area contributed by atoms with E-state index >= 15 is 0 Å². The van der Waals surface area contributed by atoms with Crippen LogP contribution in [0.5, 0.6) is 0 Å². The minimum absolute atomic E-state index is 0.189. The third kappa shape index (κ3) is 2.83. The molecule has 1 aliphatic heterocycles. The predicted octanol–water partition coefficient (Wildman–Crippen LogP) is 1.76. The van der Waals surface area contributed by atoms with Crippen LogP contribution in [0.25, 0.3) is 0 Å². The summed E-state index contributed by atoms with van der Waals surface area (Å²) in [6.45, 7) is 1.68. The molecule has 2 unspecified atom stereocenters. The van der Waals surface area contributed by atoms with Gasteiger partial charge in [0.25, 0.3) is 5.91 Å². The Hall–Kier alpha value is -1.40. The van der Waals surface area contributed by atoms with Crippen LogP contribution < -0.4 is 5.84 Å². The maximum absolute atomic E-state index is 11.6. The number of benzene rings is 1. The van der Waals surface area contributed by atoms with Crippen LogP contribution in [0.1, 0.15) is 12.5 Å². The van der Waals surface area contributed by atoms with Crippen LogP contribution in [0, 0.1) is 0 Å². The van der Waals surface area contributed by atoms with Crippen LogP contribution in [0.15, 0.2) is 40.6 Å². The molecule has 1 heterocycles. The van der Waals surface area contributed by atoms with Gasteiger partial charge in [-0.25, -0.2) is 10.9 Å². The summed E-state index contributed by atoms with van der Waals surface area (Å²) in [6, 6.07) is 9.51. The van der Waals surface area contributed by atoms with Gasteiger partial charge in [0.2, 0.25) is 5.50 Å². The van der Waals surface area contributed by atoms with E-state index in [0.717, 1.165) is 10.8 Å². The summed E-state index contributed by atoms with van der Waals surface area (Å²) in [4.78, 5) is 11.6. The fraction of sp³-hybridized carbons (Fsp3) is 0.364. The molecule has 0 saturated carbocycles. The molecule has 0 bridgehead atoms. The van der Waals surface area contributed by atoms with Crippen molar-refractivity contribution >= 4 is 17.7 Å². The summed E-state index contributed by atoms with van der Waals surface area (Å²) in [5.74, 6) is 6.25. The first kappa shape index (κ1) is 12.1. The van der Waals surface area contributed by atoms with Crippen molar-refractivity contribution < 1.29 is 4.79 Å². The average molecular weight is 250 g/mol. The minimum atomic E-state index is -0.464. The van der Waals surface area contributed by atoms with Crippen LogP contribution >= 0.6 is 11.8 Å². The summed E-state index contributed by atoms with van der Waals surface area (Å²) < 4.78 is 0. The van der Waals surface area contributed by atoms with Crippen molar-refractivity contribution in [3.05, 3.63) is 35.9 Å². The van der Waals surface area contributed by atoms with Crippen LogP contribution in [0.2, 0.25) is 0 Å². The third-order valence-electron chi connectivity index (χ3n) is 2.43. The average Bonchev–Trinajstić information content (AvgIpc) is 2.36. The standard InChI is InChI=1S/C11H14N4OS/c1-8-10(16)15(12)11(14-13-8)17-7-9-5-3-2-4-6-9/h2-6,8,11H,7,12H2,1H3. The van der Waals surface area contributed by atoms with Crippen LogP contribution in [0.3, 0.4) is 0 Å². The lowest BCUT2D eigenvalue weighted by Gasteiger charge is -2.27. The largest absolute Gasteiger partial charge is 0.271 e. The Balaban J connectivity index is 1.96. The maximum atomic E-state index is 11.6. The van der Waals surface area contributed by atoms with Gasteiger partial charge in [0.1, 0.15) is 6.04 Å². The number of hydrogen-bond acceptors (Lipinski definition) is 5. The second-order valence-electron chi connectivity index (χ2n) is 3.78. The molecule has 1 amide bonds. The summed E-state index contributed by atoms with van der Waals surface area (Å²) in [5, 5.41) is 9.07.